The van der Waals surface area contributed by atoms with Gasteiger partial charge in [0, 0.05) is 153 Å². The van der Waals surface area contributed by atoms with E-state index in [-0.39, 0.29) is 29.2 Å². The van der Waals surface area contributed by atoms with Crippen LogP contribution < -0.4 is 47.9 Å². The van der Waals surface area contributed by atoms with E-state index in [9.17, 15) is 33.2 Å². The minimum absolute atomic E-state index is 0.0499. The van der Waals surface area contributed by atoms with Crippen LogP contribution in [0.1, 0.15) is 49.4 Å². The number of fused-ring (bicyclic) bond motifs is 16. The van der Waals surface area contributed by atoms with Crippen LogP contribution in [0.4, 0.5) is 14.5 Å². The number of alkyl halides is 2. The molecule has 2 bridgehead atoms. The van der Waals surface area contributed by atoms with Crippen molar-refractivity contribution in [2.45, 2.75) is 56.5 Å². The maximum atomic E-state index is 13.8. The number of amides is 4. The van der Waals surface area contributed by atoms with Gasteiger partial charge in [0.1, 0.15) is 6.04 Å². The van der Waals surface area contributed by atoms with E-state index < -0.39 is 48.8 Å². The van der Waals surface area contributed by atoms with E-state index in [0.717, 1.165) is 95.5 Å². The van der Waals surface area contributed by atoms with Crippen LogP contribution in [0.3, 0.4) is 0 Å². The zero-order valence-corrected chi connectivity index (χ0v) is 37.3. The predicted molar refractivity (Wildman–Crippen MR) is 241 cm³/mol. The van der Waals surface area contributed by atoms with Crippen molar-refractivity contribution in [2.24, 2.45) is 5.41 Å². The van der Waals surface area contributed by atoms with Gasteiger partial charge in [-0.3, -0.25) is 29.1 Å². The molecule has 0 unspecified atom stereocenters. The van der Waals surface area contributed by atoms with Crippen LogP contribution in [0, 0.1) is 16.7 Å². The van der Waals surface area contributed by atoms with Gasteiger partial charge in [0.05, 0.1) is 35.8 Å². The fraction of sp³-hybridized carbons (Fsp3) is 0.682. The molecule has 1 aromatic carbocycles. The molecule has 5 fully saturated rings. The minimum Gasteiger partial charge on any atom is -0.385 e. The average Bonchev–Trinajstić information content (AvgIpc) is 3.61. The third-order valence-electron chi connectivity index (χ3n) is 12.5. The van der Waals surface area contributed by atoms with Crippen LogP contribution in [0.2, 0.25) is 0 Å². The average molecular weight is 895 g/mol. The SMILES string of the molecule is CC12CNCCNCC(NC(=O)CCCC(=O)N3CCN(CCCNc4ccc5nccc(C(=O)NCC(=O)N6CC(F)(F)C[C@H]6C#N)c5c4)CC3)(CNCCNC1)CNCCNC2. The lowest BCUT2D eigenvalue weighted by Crippen LogP contribution is -2.66. The number of aromatic nitrogens is 1. The Hall–Kier alpha value is -4.62. The molecule has 4 amide bonds. The van der Waals surface area contributed by atoms with Crippen molar-refractivity contribution in [3.05, 3.63) is 36.0 Å². The lowest BCUT2D eigenvalue weighted by Gasteiger charge is -2.37. The van der Waals surface area contributed by atoms with Gasteiger partial charge < -0.3 is 57.7 Å². The number of nitrogens with zero attached hydrogens (tertiary/aromatic N) is 5. The highest BCUT2D eigenvalue weighted by molar-refractivity contribution is 6.07. The summed E-state index contributed by atoms with van der Waals surface area (Å²) in [5, 5.41) is 40.6. The standard InChI is InChI=1S/C44H68F2N14O4/c1-42-26-48-11-14-51-29-43(30-52-15-12-49-27-42,31-53-16-13-50-28-42)57-38(61)4-2-5-39(62)59-20-18-58(19-21-59)17-3-9-54-33-6-7-37-36(22-33)35(8-10-55-37)41(64)56-25-40(63)60-32-44(45,46)23-34(60)24-47/h6-8,10,22,34,48-54H,2-5,9,11-21,23,25-32H2,1H3,(H,56,64)(H,57,61)/t34-,42?,43?/m0/s1. The van der Waals surface area contributed by atoms with Gasteiger partial charge in [-0.25, -0.2) is 8.78 Å². The minimum atomic E-state index is -3.14. The summed E-state index contributed by atoms with van der Waals surface area (Å²) in [6.45, 7) is 14.7. The van der Waals surface area contributed by atoms with Crippen molar-refractivity contribution in [1.29, 1.82) is 5.26 Å². The molecule has 6 heterocycles. The number of likely N-dealkylation sites (tertiary alicyclic amines) is 1. The highest BCUT2D eigenvalue weighted by Crippen LogP contribution is 2.31. The molecule has 2 aromatic rings. The largest absolute Gasteiger partial charge is 0.385 e. The van der Waals surface area contributed by atoms with Crippen LogP contribution in [-0.2, 0) is 14.4 Å². The second kappa shape index (κ2) is 23.5. The summed E-state index contributed by atoms with van der Waals surface area (Å²) < 4.78 is 27.7. The van der Waals surface area contributed by atoms with Gasteiger partial charge in [-0.1, -0.05) is 6.92 Å². The van der Waals surface area contributed by atoms with Gasteiger partial charge in [-0.05, 0) is 43.7 Å². The molecule has 20 heteroatoms. The van der Waals surface area contributed by atoms with E-state index in [0.29, 0.717) is 63.0 Å². The Morgan fingerprint density at radius 1 is 0.828 bits per heavy atom. The van der Waals surface area contributed by atoms with E-state index >= 15 is 0 Å². The number of pyridine rings is 1. The highest BCUT2D eigenvalue weighted by atomic mass is 19.3. The lowest BCUT2D eigenvalue weighted by molar-refractivity contribution is -0.133. The van der Waals surface area contributed by atoms with Crippen LogP contribution in [0.5, 0.6) is 0 Å². The van der Waals surface area contributed by atoms with Gasteiger partial charge in [0.2, 0.25) is 17.7 Å². The molecular formula is C44H68F2N14O4. The maximum absolute atomic E-state index is 13.8. The molecule has 64 heavy (non-hydrogen) atoms. The Morgan fingerprint density at radius 2 is 1.45 bits per heavy atom. The Bertz CT molecular complexity index is 1880. The van der Waals surface area contributed by atoms with Gasteiger partial charge in [0.25, 0.3) is 11.8 Å². The van der Waals surface area contributed by atoms with Crippen molar-refractivity contribution in [3.8, 4) is 6.07 Å². The number of benzene rings is 1. The molecule has 0 spiro atoms. The first-order valence-corrected chi connectivity index (χ1v) is 22.9. The quantitative estimate of drug-likeness (QED) is 0.113. The van der Waals surface area contributed by atoms with Crippen LogP contribution in [-0.4, -0.2) is 192 Å². The molecule has 5 aliphatic heterocycles. The molecular weight excluding hydrogens is 827 g/mol. The van der Waals surface area contributed by atoms with Crippen LogP contribution in [0.15, 0.2) is 30.5 Å². The van der Waals surface area contributed by atoms with Gasteiger partial charge in [-0.2, -0.15) is 5.26 Å². The molecule has 9 N–H and O–H groups in total. The first-order chi connectivity index (χ1) is 30.9. The van der Waals surface area contributed by atoms with E-state index in [1.165, 1.54) is 12.3 Å². The Kier molecular flexibility index (Phi) is 18.0. The first-order valence-electron chi connectivity index (χ1n) is 22.9. The number of nitriles is 1. The van der Waals surface area contributed by atoms with Crippen molar-refractivity contribution < 1.29 is 28.0 Å². The Balaban J connectivity index is 0.893. The first kappa shape index (κ1) is 48.8. The van der Waals surface area contributed by atoms with Crippen LogP contribution in [0.25, 0.3) is 10.9 Å². The smallest absolute Gasteiger partial charge is 0.268 e. The highest BCUT2D eigenvalue weighted by Gasteiger charge is 2.47. The van der Waals surface area contributed by atoms with Gasteiger partial charge >= 0.3 is 0 Å². The van der Waals surface area contributed by atoms with Crippen molar-refractivity contribution in [1.82, 2.24) is 62.2 Å². The summed E-state index contributed by atoms with van der Waals surface area (Å²) in [4.78, 5) is 61.8. The molecule has 0 aliphatic carbocycles. The zero-order chi connectivity index (χ0) is 45.4. The van der Waals surface area contributed by atoms with E-state index in [2.05, 4.69) is 64.7 Å². The summed E-state index contributed by atoms with van der Waals surface area (Å²) in [5.74, 6) is -4.41. The second-order valence-corrected chi connectivity index (χ2v) is 18.1. The maximum Gasteiger partial charge on any atom is 0.268 e. The topological polar surface area (TPSA) is 223 Å². The van der Waals surface area contributed by atoms with Gasteiger partial charge in [-0.15, -0.1) is 0 Å². The molecule has 1 aromatic heterocycles. The zero-order valence-electron chi connectivity index (χ0n) is 37.3. The number of halogens is 2. The number of carbonyl (C=O) groups is 4. The molecule has 5 saturated heterocycles. The van der Waals surface area contributed by atoms with E-state index in [4.69, 9.17) is 0 Å². The van der Waals surface area contributed by atoms with Crippen LogP contribution >= 0.6 is 0 Å². The summed E-state index contributed by atoms with van der Waals surface area (Å²) in [5.41, 5.74) is 1.23. The number of nitrogens with one attached hydrogen (secondary N) is 9. The molecule has 18 nitrogen and oxygen atoms in total. The fourth-order valence-corrected chi connectivity index (χ4v) is 8.87. The van der Waals surface area contributed by atoms with E-state index in [1.54, 1.807) is 12.1 Å². The predicted octanol–water partition coefficient (Wildman–Crippen LogP) is -0.733. The number of rotatable bonds is 13. The summed E-state index contributed by atoms with van der Waals surface area (Å²) in [6.07, 6.45) is 2.71. The monoisotopic (exact) mass is 895 g/mol. The molecule has 352 valence electrons. The van der Waals surface area contributed by atoms with Crippen molar-refractivity contribution in [2.75, 3.05) is 136 Å². The summed E-state index contributed by atoms with van der Waals surface area (Å²) in [6, 6.07) is 7.53. The lowest BCUT2D eigenvalue weighted by atomic mass is 9.90. The third kappa shape index (κ3) is 14.4. The number of piperazine rings is 1. The molecule has 7 rings (SSSR count). The normalized spacial score (nSPS) is 25.2. The molecule has 5 aliphatic rings. The number of hydrogen-bond acceptors (Lipinski definition) is 14. The van der Waals surface area contributed by atoms with Crippen molar-refractivity contribution >= 4 is 40.2 Å². The summed E-state index contributed by atoms with van der Waals surface area (Å²) in [7, 11) is 0. The number of hydrogen-bond donors (Lipinski definition) is 9. The summed E-state index contributed by atoms with van der Waals surface area (Å²) >= 11 is 0. The van der Waals surface area contributed by atoms with E-state index in [1.807, 2.05) is 17.0 Å². The Labute approximate surface area is 375 Å². The number of carbonyl (C=O) groups excluding carboxylic acids is 4. The second-order valence-electron chi connectivity index (χ2n) is 18.1. The van der Waals surface area contributed by atoms with Crippen molar-refractivity contribution in [3.63, 3.8) is 0 Å². The molecule has 1 atom stereocenters. The molecule has 0 saturated carbocycles. The number of anilines is 1. The fourth-order valence-electron chi connectivity index (χ4n) is 8.87. The molecule has 0 radical (unpaired) electrons. The van der Waals surface area contributed by atoms with Gasteiger partial charge in [0.15, 0.2) is 0 Å². The third-order valence-corrected chi connectivity index (χ3v) is 12.5. The Morgan fingerprint density at radius 3 is 2.08 bits per heavy atom.